The van der Waals surface area contributed by atoms with E-state index in [0.717, 1.165) is 74.9 Å². The molecule has 2 amide bonds. The van der Waals surface area contributed by atoms with Crippen molar-refractivity contribution in [2.75, 3.05) is 57.7 Å². The van der Waals surface area contributed by atoms with E-state index in [9.17, 15) is 9.59 Å². The molecule has 1 aromatic carbocycles. The smallest absolute Gasteiger partial charge is 0.238 e. The van der Waals surface area contributed by atoms with Gasteiger partial charge >= 0.3 is 0 Å². The molecular formula is C25H36N6O2. The summed E-state index contributed by atoms with van der Waals surface area (Å²) >= 11 is 0. The van der Waals surface area contributed by atoms with Gasteiger partial charge in [-0.15, -0.1) is 0 Å². The predicted octanol–water partition coefficient (Wildman–Crippen LogP) is 2.45. The number of carbonyl (C=O) groups is 2. The van der Waals surface area contributed by atoms with E-state index >= 15 is 0 Å². The molecule has 2 aromatic rings. The fourth-order valence-corrected chi connectivity index (χ4v) is 4.74. The Morgan fingerprint density at radius 2 is 1.45 bits per heavy atom. The Morgan fingerprint density at radius 3 is 2.09 bits per heavy atom. The van der Waals surface area contributed by atoms with Crippen molar-refractivity contribution in [3.63, 3.8) is 0 Å². The number of aromatic nitrogens is 2. The zero-order valence-electron chi connectivity index (χ0n) is 19.9. The third-order valence-electron chi connectivity index (χ3n) is 6.71. The van der Waals surface area contributed by atoms with E-state index < -0.39 is 0 Å². The van der Waals surface area contributed by atoms with Gasteiger partial charge in [0.1, 0.15) is 0 Å². The van der Waals surface area contributed by atoms with Gasteiger partial charge in [-0.2, -0.15) is 5.10 Å². The summed E-state index contributed by atoms with van der Waals surface area (Å²) in [5.41, 5.74) is 3.49. The molecule has 2 aliphatic rings. The first-order chi connectivity index (χ1) is 16.0. The van der Waals surface area contributed by atoms with E-state index in [4.69, 9.17) is 0 Å². The van der Waals surface area contributed by atoms with E-state index in [0.29, 0.717) is 13.1 Å². The molecule has 8 nitrogen and oxygen atoms in total. The highest BCUT2D eigenvalue weighted by Crippen LogP contribution is 2.22. The van der Waals surface area contributed by atoms with E-state index in [1.165, 1.54) is 12.8 Å². The van der Waals surface area contributed by atoms with Crippen LogP contribution in [0.5, 0.6) is 0 Å². The maximum absolute atomic E-state index is 12.8. The maximum Gasteiger partial charge on any atom is 0.238 e. The molecule has 0 atom stereocenters. The number of benzene rings is 1. The second-order valence-corrected chi connectivity index (χ2v) is 9.19. The molecule has 0 spiro atoms. The first-order valence-corrected chi connectivity index (χ1v) is 12.2. The molecule has 1 N–H and O–H groups in total. The van der Waals surface area contributed by atoms with Gasteiger partial charge in [-0.05, 0) is 38.8 Å². The lowest BCUT2D eigenvalue weighted by Crippen LogP contribution is -2.51. The minimum atomic E-state index is -0.0251. The molecule has 178 valence electrons. The van der Waals surface area contributed by atoms with Gasteiger partial charge in [0.05, 0.1) is 35.9 Å². The third-order valence-corrected chi connectivity index (χ3v) is 6.71. The van der Waals surface area contributed by atoms with E-state index in [2.05, 4.69) is 20.2 Å². The third kappa shape index (κ3) is 6.00. The highest BCUT2D eigenvalue weighted by atomic mass is 16.2. The van der Waals surface area contributed by atoms with E-state index in [-0.39, 0.29) is 11.8 Å². The maximum atomic E-state index is 12.8. The number of para-hydroxylation sites is 1. The molecule has 2 aliphatic heterocycles. The number of likely N-dealkylation sites (tertiary alicyclic amines) is 1. The van der Waals surface area contributed by atoms with Crippen LogP contribution >= 0.6 is 0 Å². The van der Waals surface area contributed by atoms with Crippen LogP contribution in [-0.4, -0.2) is 88.7 Å². The number of nitrogens with one attached hydrogen (secondary N) is 1. The van der Waals surface area contributed by atoms with E-state index in [1.54, 1.807) is 0 Å². The largest absolute Gasteiger partial charge is 0.342 e. The quantitative estimate of drug-likeness (QED) is 0.729. The Labute approximate surface area is 196 Å². The van der Waals surface area contributed by atoms with Crippen molar-refractivity contribution in [1.82, 2.24) is 24.5 Å². The molecule has 0 unspecified atom stereocenters. The van der Waals surface area contributed by atoms with Gasteiger partial charge in [0.2, 0.25) is 11.8 Å². The topological polar surface area (TPSA) is 73.7 Å². The zero-order chi connectivity index (χ0) is 23.2. The summed E-state index contributed by atoms with van der Waals surface area (Å²) in [5.74, 6) is 0.229. The zero-order valence-corrected chi connectivity index (χ0v) is 19.9. The van der Waals surface area contributed by atoms with Crippen molar-refractivity contribution in [3.8, 4) is 5.69 Å². The van der Waals surface area contributed by atoms with Crippen LogP contribution in [0.3, 0.4) is 0 Å². The summed E-state index contributed by atoms with van der Waals surface area (Å²) in [6.07, 6.45) is 4.71. The van der Waals surface area contributed by atoms with Gasteiger partial charge in [0.15, 0.2) is 0 Å². The lowest BCUT2D eigenvalue weighted by Gasteiger charge is -2.35. The average Bonchev–Trinajstić information content (AvgIpc) is 3.01. The summed E-state index contributed by atoms with van der Waals surface area (Å²) in [4.78, 5) is 31.8. The van der Waals surface area contributed by atoms with Crippen LogP contribution in [0.25, 0.3) is 5.69 Å². The molecule has 2 saturated heterocycles. The Kier molecular flexibility index (Phi) is 7.77. The molecule has 3 heterocycles. The Morgan fingerprint density at radius 1 is 0.848 bits per heavy atom. The number of hydrogen-bond donors (Lipinski definition) is 1. The van der Waals surface area contributed by atoms with Gasteiger partial charge in [-0.25, -0.2) is 4.68 Å². The summed E-state index contributed by atoms with van der Waals surface area (Å²) < 4.78 is 1.87. The van der Waals surface area contributed by atoms with Crippen LogP contribution in [0.1, 0.15) is 37.1 Å². The molecule has 0 saturated carbocycles. The van der Waals surface area contributed by atoms with Crippen molar-refractivity contribution >= 4 is 17.5 Å². The van der Waals surface area contributed by atoms with Gasteiger partial charge in [0.25, 0.3) is 0 Å². The van der Waals surface area contributed by atoms with Gasteiger partial charge in [0, 0.05) is 39.3 Å². The fraction of sp³-hybridized carbons (Fsp3) is 0.560. The van der Waals surface area contributed by atoms with Gasteiger partial charge in [-0.1, -0.05) is 31.0 Å². The molecule has 0 radical (unpaired) electrons. The monoisotopic (exact) mass is 452 g/mol. The molecule has 33 heavy (non-hydrogen) atoms. The molecule has 8 heteroatoms. The summed E-state index contributed by atoms with van der Waals surface area (Å²) in [6.45, 7) is 9.76. The minimum absolute atomic E-state index is 0.0251. The van der Waals surface area contributed by atoms with Crippen LogP contribution in [0.15, 0.2) is 30.3 Å². The molecule has 0 bridgehead atoms. The van der Waals surface area contributed by atoms with E-state index in [1.807, 2.05) is 53.8 Å². The summed E-state index contributed by atoms with van der Waals surface area (Å²) in [7, 11) is 0. The van der Waals surface area contributed by atoms with Gasteiger partial charge in [-0.3, -0.25) is 19.4 Å². The molecule has 1 aromatic heterocycles. The lowest BCUT2D eigenvalue weighted by molar-refractivity contribution is -0.133. The first-order valence-electron chi connectivity index (χ1n) is 12.2. The number of amides is 2. The molecule has 2 fully saturated rings. The Hall–Kier alpha value is -2.71. The second kappa shape index (κ2) is 10.9. The highest BCUT2D eigenvalue weighted by Gasteiger charge is 2.24. The van der Waals surface area contributed by atoms with Crippen LogP contribution in [0.4, 0.5) is 5.69 Å². The van der Waals surface area contributed by atoms with Crippen molar-refractivity contribution in [1.29, 1.82) is 0 Å². The SMILES string of the molecule is Cc1nn(-c2ccccc2)c(C)c1NC(=O)CN1CCN(CC(=O)N2CCCCCC2)CC1. The fourth-order valence-electron chi connectivity index (χ4n) is 4.74. The number of aryl methyl sites for hydroxylation is 1. The van der Waals surface area contributed by atoms with Crippen LogP contribution in [0, 0.1) is 13.8 Å². The van der Waals surface area contributed by atoms with Crippen molar-refractivity contribution < 1.29 is 9.59 Å². The average molecular weight is 453 g/mol. The van der Waals surface area contributed by atoms with Crippen LogP contribution in [-0.2, 0) is 9.59 Å². The molecular weight excluding hydrogens is 416 g/mol. The number of anilines is 1. The number of piperazine rings is 1. The molecule has 0 aliphatic carbocycles. The normalized spacial score (nSPS) is 18.2. The van der Waals surface area contributed by atoms with Crippen molar-refractivity contribution in [2.24, 2.45) is 0 Å². The summed E-state index contributed by atoms with van der Waals surface area (Å²) in [6, 6.07) is 9.93. The molecule has 4 rings (SSSR count). The number of nitrogens with zero attached hydrogens (tertiary/aromatic N) is 5. The number of carbonyl (C=O) groups excluding carboxylic acids is 2. The van der Waals surface area contributed by atoms with Gasteiger partial charge < -0.3 is 10.2 Å². The standard InChI is InChI=1S/C25H36N6O2/c1-20-25(21(2)31(27-20)22-10-6-5-7-11-22)26-23(32)18-28-14-16-29(17-15-28)19-24(33)30-12-8-3-4-9-13-30/h5-7,10-11H,3-4,8-9,12-19H2,1-2H3,(H,26,32). The van der Waals surface area contributed by atoms with Crippen molar-refractivity contribution in [2.45, 2.75) is 39.5 Å². The summed E-state index contributed by atoms with van der Waals surface area (Å²) in [5, 5.41) is 7.68. The van der Waals surface area contributed by atoms with Crippen LogP contribution in [0.2, 0.25) is 0 Å². The number of hydrogen-bond acceptors (Lipinski definition) is 5. The lowest BCUT2D eigenvalue weighted by atomic mass is 10.2. The predicted molar refractivity (Wildman–Crippen MR) is 130 cm³/mol. The second-order valence-electron chi connectivity index (χ2n) is 9.19. The van der Waals surface area contributed by atoms with Crippen LogP contribution < -0.4 is 5.32 Å². The highest BCUT2D eigenvalue weighted by molar-refractivity contribution is 5.93. The Bertz CT molecular complexity index is 941. The minimum Gasteiger partial charge on any atom is -0.342 e. The van der Waals surface area contributed by atoms with Crippen molar-refractivity contribution in [3.05, 3.63) is 41.7 Å². The Balaban J connectivity index is 1.25. The number of rotatable bonds is 6. The first kappa shape index (κ1) is 23.4.